The van der Waals surface area contributed by atoms with Crippen molar-refractivity contribution in [1.29, 1.82) is 0 Å². The van der Waals surface area contributed by atoms with Crippen molar-refractivity contribution < 1.29 is 4.79 Å². The number of amides is 1. The molecule has 1 aromatic carbocycles. The van der Waals surface area contributed by atoms with Gasteiger partial charge in [-0.1, -0.05) is 17.7 Å². The van der Waals surface area contributed by atoms with E-state index >= 15 is 0 Å². The van der Waals surface area contributed by atoms with E-state index in [2.05, 4.69) is 21.7 Å². The quantitative estimate of drug-likeness (QED) is 0.612. The predicted octanol–water partition coefficient (Wildman–Crippen LogP) is 4.89. The molecule has 2 aromatic heterocycles. The van der Waals surface area contributed by atoms with Gasteiger partial charge in [-0.25, -0.2) is 9.97 Å². The number of nitrogens with zero attached hydrogens (tertiary/aromatic N) is 3. The van der Waals surface area contributed by atoms with E-state index in [-0.39, 0.29) is 11.4 Å². The molecule has 2 aliphatic carbocycles. The summed E-state index contributed by atoms with van der Waals surface area (Å²) < 4.78 is 0. The van der Waals surface area contributed by atoms with Gasteiger partial charge in [-0.15, -0.1) is 11.3 Å². The van der Waals surface area contributed by atoms with Crippen LogP contribution in [0, 0.1) is 6.92 Å². The summed E-state index contributed by atoms with van der Waals surface area (Å²) in [6, 6.07) is 8.43. The van der Waals surface area contributed by atoms with Crippen molar-refractivity contribution in [2.45, 2.75) is 56.0 Å². The molecule has 6 rings (SSSR count). The summed E-state index contributed by atoms with van der Waals surface area (Å²) in [5.74, 6) is 1.60. The maximum absolute atomic E-state index is 13.2. The first-order chi connectivity index (χ1) is 15.0. The average Bonchev–Trinajstić information content (AvgIpc) is 3.66. The first-order valence-electron chi connectivity index (χ1n) is 11.0. The van der Waals surface area contributed by atoms with Gasteiger partial charge in [0.25, 0.3) is 5.91 Å². The lowest BCUT2D eigenvalue weighted by molar-refractivity contribution is 0.0672. The van der Waals surface area contributed by atoms with Crippen molar-refractivity contribution in [2.75, 3.05) is 13.6 Å². The van der Waals surface area contributed by atoms with Crippen LogP contribution in [-0.4, -0.2) is 45.9 Å². The Bertz CT molecular complexity index is 1210. The molecule has 3 fully saturated rings. The molecule has 5 nitrogen and oxygen atoms in total. The smallest absolute Gasteiger partial charge is 0.254 e. The molecule has 1 amide bonds. The van der Waals surface area contributed by atoms with Crippen molar-refractivity contribution in [1.82, 2.24) is 20.2 Å². The molecule has 4 atom stereocenters. The molecule has 0 bridgehead atoms. The highest BCUT2D eigenvalue weighted by Gasteiger charge is 2.59. The lowest BCUT2D eigenvalue weighted by atomic mass is 10.0. The number of piperidine rings is 1. The monoisotopic (exact) mass is 452 g/mol. The third-order valence-corrected chi connectivity index (χ3v) is 8.58. The van der Waals surface area contributed by atoms with Crippen LogP contribution in [-0.2, 0) is 0 Å². The van der Waals surface area contributed by atoms with Gasteiger partial charge in [0.15, 0.2) is 0 Å². The Morgan fingerprint density at radius 2 is 2.16 bits per heavy atom. The van der Waals surface area contributed by atoms with Crippen LogP contribution < -0.4 is 5.32 Å². The fourth-order valence-corrected chi connectivity index (χ4v) is 6.65. The van der Waals surface area contributed by atoms with Crippen LogP contribution in [0.25, 0.3) is 10.2 Å². The number of hydrogen-bond donors (Lipinski definition) is 1. The van der Waals surface area contributed by atoms with Gasteiger partial charge in [0, 0.05) is 35.0 Å². The topological polar surface area (TPSA) is 58.1 Å². The number of rotatable bonds is 4. The Morgan fingerprint density at radius 1 is 1.29 bits per heavy atom. The van der Waals surface area contributed by atoms with Gasteiger partial charge in [-0.3, -0.25) is 4.79 Å². The van der Waals surface area contributed by atoms with Crippen LogP contribution in [0.15, 0.2) is 29.6 Å². The average molecular weight is 453 g/mol. The van der Waals surface area contributed by atoms with Crippen molar-refractivity contribution in [2.24, 2.45) is 0 Å². The molecule has 31 heavy (non-hydrogen) atoms. The standard InChI is InChI=1S/C24H25ClN4OS/c1-13-27-21(16-6-9-31-22(16)28-13)18-11-17(18)15-5-4-14(10-19(15)25)23(30)29(2)24-7-3-8-26-20(24)12-24/h4-6,9-10,17-18,20,26H,3,7-8,11-12H2,1-2H3/t17-,18+,20+,24+/m0/s1. The lowest BCUT2D eigenvalue weighted by Crippen LogP contribution is -2.47. The van der Waals surface area contributed by atoms with Crippen LogP contribution >= 0.6 is 22.9 Å². The van der Waals surface area contributed by atoms with Gasteiger partial charge < -0.3 is 10.2 Å². The fourth-order valence-electron chi connectivity index (χ4n) is 5.51. The van der Waals surface area contributed by atoms with Gasteiger partial charge in [-0.2, -0.15) is 0 Å². The lowest BCUT2D eigenvalue weighted by Gasteiger charge is -2.32. The molecule has 1 aliphatic heterocycles. The molecule has 3 aromatic rings. The summed E-state index contributed by atoms with van der Waals surface area (Å²) in [6.45, 7) is 3.01. The van der Waals surface area contributed by atoms with Gasteiger partial charge >= 0.3 is 0 Å². The third kappa shape index (κ3) is 3.11. The van der Waals surface area contributed by atoms with Crippen molar-refractivity contribution in [3.05, 3.63) is 57.3 Å². The molecule has 0 spiro atoms. The SMILES string of the molecule is Cc1nc([C@@H]2C[C@H]2c2ccc(C(=O)N(C)[C@@]34CCCN[C@@H]3C4)cc2Cl)c2ccsc2n1. The predicted molar refractivity (Wildman–Crippen MR) is 124 cm³/mol. The minimum absolute atomic E-state index is 0.00114. The minimum Gasteiger partial charge on any atom is -0.334 e. The number of nitrogens with one attached hydrogen (secondary N) is 1. The number of aryl methyl sites for hydroxylation is 1. The van der Waals surface area contributed by atoms with Crippen LogP contribution in [0.3, 0.4) is 0 Å². The number of carbonyl (C=O) groups is 1. The summed E-state index contributed by atoms with van der Waals surface area (Å²) in [5.41, 5.74) is 2.93. The first-order valence-corrected chi connectivity index (χ1v) is 12.3. The zero-order chi connectivity index (χ0) is 21.3. The fraction of sp³-hybridized carbons (Fsp3) is 0.458. The molecule has 3 aliphatic rings. The Morgan fingerprint density at radius 3 is 2.97 bits per heavy atom. The molecule has 1 saturated heterocycles. The number of thiophene rings is 1. The highest BCUT2D eigenvalue weighted by molar-refractivity contribution is 7.16. The Labute approximate surface area is 190 Å². The number of carbonyl (C=O) groups excluding carboxylic acids is 1. The number of benzene rings is 1. The largest absolute Gasteiger partial charge is 0.334 e. The Hall–Kier alpha value is -2.02. The highest BCUT2D eigenvalue weighted by Crippen LogP contribution is 2.57. The molecule has 0 unspecified atom stereocenters. The van der Waals surface area contributed by atoms with Crippen LogP contribution in [0.2, 0.25) is 5.02 Å². The van der Waals surface area contributed by atoms with E-state index in [1.807, 2.05) is 37.1 Å². The molecular formula is C24H25ClN4OS. The van der Waals surface area contributed by atoms with Crippen LogP contribution in [0.1, 0.15) is 65.0 Å². The molecule has 2 saturated carbocycles. The van der Waals surface area contributed by atoms with Crippen LogP contribution in [0.5, 0.6) is 0 Å². The first kappa shape index (κ1) is 19.6. The Kier molecular flexibility index (Phi) is 4.43. The zero-order valence-corrected chi connectivity index (χ0v) is 19.3. The normalized spacial score (nSPS) is 28.9. The van der Waals surface area contributed by atoms with E-state index in [0.29, 0.717) is 28.5 Å². The van der Waals surface area contributed by atoms with Crippen molar-refractivity contribution in [3.8, 4) is 0 Å². The second-order valence-corrected chi connectivity index (χ2v) is 10.6. The zero-order valence-electron chi connectivity index (χ0n) is 17.7. The second kappa shape index (κ2) is 6.99. The number of likely N-dealkylation sites (N-methyl/N-ethyl adjacent to an activating group) is 1. The van der Waals surface area contributed by atoms with Gasteiger partial charge in [0.1, 0.15) is 10.7 Å². The molecular weight excluding hydrogens is 428 g/mol. The van der Waals surface area contributed by atoms with E-state index < -0.39 is 0 Å². The van der Waals surface area contributed by atoms with E-state index in [0.717, 1.165) is 59.5 Å². The molecule has 0 radical (unpaired) electrons. The highest BCUT2D eigenvalue weighted by atomic mass is 35.5. The minimum atomic E-state index is -0.00114. The van der Waals surface area contributed by atoms with Crippen molar-refractivity contribution >= 4 is 39.1 Å². The van der Waals surface area contributed by atoms with Gasteiger partial charge in [-0.05, 0) is 74.2 Å². The summed E-state index contributed by atoms with van der Waals surface area (Å²) in [6.07, 6.45) is 4.29. The number of aromatic nitrogens is 2. The summed E-state index contributed by atoms with van der Waals surface area (Å²) in [5, 5.41) is 7.46. The third-order valence-electron chi connectivity index (χ3n) is 7.45. The number of halogens is 1. The van der Waals surface area contributed by atoms with Gasteiger partial charge in [0.05, 0.1) is 11.2 Å². The molecule has 1 N–H and O–H groups in total. The second-order valence-electron chi connectivity index (χ2n) is 9.26. The summed E-state index contributed by atoms with van der Waals surface area (Å²) >= 11 is 8.37. The number of hydrogen-bond acceptors (Lipinski definition) is 5. The van der Waals surface area contributed by atoms with E-state index in [1.54, 1.807) is 11.3 Å². The van der Waals surface area contributed by atoms with E-state index in [1.165, 1.54) is 0 Å². The van der Waals surface area contributed by atoms with Crippen molar-refractivity contribution in [3.63, 3.8) is 0 Å². The summed E-state index contributed by atoms with van der Waals surface area (Å²) in [7, 11) is 1.94. The van der Waals surface area contributed by atoms with Gasteiger partial charge in [0.2, 0.25) is 0 Å². The number of fused-ring (bicyclic) bond motifs is 2. The molecule has 3 heterocycles. The summed E-state index contributed by atoms with van der Waals surface area (Å²) in [4.78, 5) is 25.5. The van der Waals surface area contributed by atoms with E-state index in [9.17, 15) is 4.79 Å². The maximum Gasteiger partial charge on any atom is 0.254 e. The molecule has 7 heteroatoms. The molecule has 160 valence electrons. The van der Waals surface area contributed by atoms with E-state index in [4.69, 9.17) is 16.6 Å². The maximum atomic E-state index is 13.2. The Balaban J connectivity index is 1.23. The van der Waals surface area contributed by atoms with Crippen LogP contribution in [0.4, 0.5) is 0 Å².